The van der Waals surface area contributed by atoms with Gasteiger partial charge in [-0.15, -0.1) is 0 Å². The molecule has 0 aromatic heterocycles. The van der Waals surface area contributed by atoms with Crippen LogP contribution in [0.3, 0.4) is 0 Å². The molecule has 1 atom stereocenters. The van der Waals surface area contributed by atoms with E-state index in [1.165, 1.54) is 0 Å². The van der Waals surface area contributed by atoms with Gasteiger partial charge in [-0.05, 0) is 12.1 Å². The lowest BCUT2D eigenvalue weighted by Crippen LogP contribution is -2.61. The molecule has 1 amide bonds. The van der Waals surface area contributed by atoms with E-state index in [-0.39, 0.29) is 11.9 Å². The van der Waals surface area contributed by atoms with Crippen molar-refractivity contribution in [1.29, 1.82) is 0 Å². The van der Waals surface area contributed by atoms with Gasteiger partial charge in [0.2, 0.25) is 5.91 Å². The lowest BCUT2D eigenvalue weighted by Gasteiger charge is -2.36. The Labute approximate surface area is 92.7 Å². The lowest BCUT2D eigenvalue weighted by molar-refractivity contribution is -0.123. The van der Waals surface area contributed by atoms with Crippen LogP contribution in [0.4, 0.5) is 5.69 Å². The van der Waals surface area contributed by atoms with E-state index in [2.05, 4.69) is 0 Å². The van der Waals surface area contributed by atoms with Crippen LogP contribution in [0.25, 0.3) is 0 Å². The van der Waals surface area contributed by atoms with Crippen LogP contribution in [-0.2, 0) is 4.79 Å². The second kappa shape index (κ2) is 3.38. The highest BCUT2D eigenvalue weighted by Crippen LogP contribution is 2.35. The summed E-state index contributed by atoms with van der Waals surface area (Å²) in [6, 6.07) is 5.13. The maximum atomic E-state index is 11.5. The highest BCUT2D eigenvalue weighted by molar-refractivity contribution is 6.04. The zero-order valence-corrected chi connectivity index (χ0v) is 8.68. The number of nitrogens with two attached hydrogens (primary N) is 1. The Bertz CT molecular complexity index is 447. The molecule has 2 aliphatic rings. The van der Waals surface area contributed by atoms with E-state index in [4.69, 9.17) is 15.2 Å². The zero-order chi connectivity index (χ0) is 11.1. The van der Waals surface area contributed by atoms with Crippen LogP contribution in [0.2, 0.25) is 0 Å². The monoisotopic (exact) mass is 220 g/mol. The van der Waals surface area contributed by atoms with Crippen molar-refractivity contribution in [3.8, 4) is 11.5 Å². The summed E-state index contributed by atoms with van der Waals surface area (Å²) >= 11 is 0. The molecule has 2 aliphatic heterocycles. The fourth-order valence-electron chi connectivity index (χ4n) is 1.89. The average Bonchev–Trinajstić information content (AvgIpc) is 2.35. The standard InChI is InChI=1S/C11H12N2O3/c12-8-6-13(11(8)14)7-1-2-9-10(5-7)16-4-3-15-9/h1-2,5,8H,3-4,6,12H2. The first kappa shape index (κ1) is 9.47. The van der Waals surface area contributed by atoms with E-state index in [1.807, 2.05) is 18.2 Å². The summed E-state index contributed by atoms with van der Waals surface area (Å²) in [6.45, 7) is 1.68. The Morgan fingerprint density at radius 2 is 2.00 bits per heavy atom. The molecule has 5 nitrogen and oxygen atoms in total. The minimum absolute atomic E-state index is 0.0447. The van der Waals surface area contributed by atoms with Crippen LogP contribution < -0.4 is 20.1 Å². The number of benzene rings is 1. The first-order chi connectivity index (χ1) is 7.75. The molecule has 0 radical (unpaired) electrons. The first-order valence-electron chi connectivity index (χ1n) is 5.22. The molecule has 1 fully saturated rings. The van der Waals surface area contributed by atoms with E-state index in [0.717, 1.165) is 11.4 Å². The molecular weight excluding hydrogens is 208 g/mol. The summed E-state index contributed by atoms with van der Waals surface area (Å²) in [5.74, 6) is 1.38. The number of nitrogens with zero attached hydrogens (tertiary/aromatic N) is 1. The molecule has 0 aliphatic carbocycles. The molecule has 1 aromatic carbocycles. The number of amides is 1. The third-order valence-corrected chi connectivity index (χ3v) is 2.80. The summed E-state index contributed by atoms with van der Waals surface area (Å²) in [6.07, 6.45) is 0. The van der Waals surface area contributed by atoms with Gasteiger partial charge in [0.15, 0.2) is 11.5 Å². The third-order valence-electron chi connectivity index (χ3n) is 2.80. The highest BCUT2D eigenvalue weighted by Gasteiger charge is 2.34. The van der Waals surface area contributed by atoms with Crippen LogP contribution in [0.1, 0.15) is 0 Å². The summed E-state index contributed by atoms with van der Waals surface area (Å²) < 4.78 is 10.9. The van der Waals surface area contributed by atoms with Gasteiger partial charge in [-0.1, -0.05) is 0 Å². The van der Waals surface area contributed by atoms with Crippen molar-refractivity contribution in [2.45, 2.75) is 6.04 Å². The molecule has 2 heterocycles. The van der Waals surface area contributed by atoms with Gasteiger partial charge in [0.1, 0.15) is 19.3 Å². The molecule has 5 heteroatoms. The van der Waals surface area contributed by atoms with Gasteiger partial charge in [-0.2, -0.15) is 0 Å². The molecule has 1 unspecified atom stereocenters. The Balaban J connectivity index is 1.89. The topological polar surface area (TPSA) is 64.8 Å². The van der Waals surface area contributed by atoms with Crippen molar-refractivity contribution in [3.05, 3.63) is 18.2 Å². The molecule has 1 aromatic rings. The van der Waals surface area contributed by atoms with Gasteiger partial charge < -0.3 is 20.1 Å². The quantitative estimate of drug-likeness (QED) is 0.683. The first-order valence-corrected chi connectivity index (χ1v) is 5.22. The van der Waals surface area contributed by atoms with Gasteiger partial charge in [0, 0.05) is 11.8 Å². The molecule has 2 N–H and O–H groups in total. The molecule has 0 saturated carbocycles. The maximum Gasteiger partial charge on any atom is 0.245 e. The number of fused-ring (bicyclic) bond motifs is 1. The van der Waals surface area contributed by atoms with Crippen molar-refractivity contribution in [3.63, 3.8) is 0 Å². The van der Waals surface area contributed by atoms with E-state index in [1.54, 1.807) is 4.90 Å². The Morgan fingerprint density at radius 3 is 2.69 bits per heavy atom. The Kier molecular flexibility index (Phi) is 2.00. The summed E-state index contributed by atoms with van der Waals surface area (Å²) in [7, 11) is 0. The predicted molar refractivity (Wildman–Crippen MR) is 57.8 cm³/mol. The highest BCUT2D eigenvalue weighted by atomic mass is 16.6. The van der Waals surface area contributed by atoms with Gasteiger partial charge in [-0.3, -0.25) is 4.79 Å². The van der Waals surface area contributed by atoms with E-state index in [0.29, 0.717) is 25.5 Å². The third kappa shape index (κ3) is 1.32. The van der Waals surface area contributed by atoms with Crippen LogP contribution in [0.15, 0.2) is 18.2 Å². The van der Waals surface area contributed by atoms with Crippen LogP contribution in [-0.4, -0.2) is 31.7 Å². The van der Waals surface area contributed by atoms with Crippen LogP contribution in [0, 0.1) is 0 Å². The molecule has 16 heavy (non-hydrogen) atoms. The van der Waals surface area contributed by atoms with E-state index in [9.17, 15) is 4.79 Å². The lowest BCUT2D eigenvalue weighted by atomic mass is 10.1. The molecular formula is C11H12N2O3. The van der Waals surface area contributed by atoms with Crippen LogP contribution >= 0.6 is 0 Å². The predicted octanol–water partition coefficient (Wildman–Crippen LogP) is 0.132. The number of hydrogen-bond acceptors (Lipinski definition) is 4. The zero-order valence-electron chi connectivity index (χ0n) is 8.68. The fraction of sp³-hybridized carbons (Fsp3) is 0.364. The number of carbonyl (C=O) groups is 1. The number of rotatable bonds is 1. The van der Waals surface area contributed by atoms with Crippen molar-refractivity contribution in [1.82, 2.24) is 0 Å². The molecule has 0 bridgehead atoms. The molecule has 1 saturated heterocycles. The van der Waals surface area contributed by atoms with Crippen molar-refractivity contribution < 1.29 is 14.3 Å². The summed E-state index contributed by atoms with van der Waals surface area (Å²) in [5.41, 5.74) is 6.36. The largest absolute Gasteiger partial charge is 0.486 e. The van der Waals surface area contributed by atoms with Gasteiger partial charge >= 0.3 is 0 Å². The van der Waals surface area contributed by atoms with E-state index < -0.39 is 0 Å². The van der Waals surface area contributed by atoms with Gasteiger partial charge in [-0.25, -0.2) is 0 Å². The van der Waals surface area contributed by atoms with Crippen molar-refractivity contribution in [2.24, 2.45) is 5.73 Å². The average molecular weight is 220 g/mol. The second-order valence-electron chi connectivity index (χ2n) is 3.88. The Morgan fingerprint density at radius 1 is 1.25 bits per heavy atom. The number of carbonyl (C=O) groups excluding carboxylic acids is 1. The maximum absolute atomic E-state index is 11.5. The minimum atomic E-state index is -0.354. The minimum Gasteiger partial charge on any atom is -0.486 e. The van der Waals surface area contributed by atoms with Gasteiger partial charge in [0.25, 0.3) is 0 Å². The van der Waals surface area contributed by atoms with Crippen molar-refractivity contribution >= 4 is 11.6 Å². The summed E-state index contributed by atoms with van der Waals surface area (Å²) in [5, 5.41) is 0. The molecule has 0 spiro atoms. The number of ether oxygens (including phenoxy) is 2. The number of β-lactam (4-membered cyclic amide) rings is 1. The normalized spacial score (nSPS) is 22.9. The number of anilines is 1. The number of hydrogen-bond donors (Lipinski definition) is 1. The molecule has 84 valence electrons. The van der Waals surface area contributed by atoms with Crippen molar-refractivity contribution in [2.75, 3.05) is 24.7 Å². The van der Waals surface area contributed by atoms with Gasteiger partial charge in [0.05, 0.1) is 6.54 Å². The smallest absolute Gasteiger partial charge is 0.245 e. The molecule has 3 rings (SSSR count). The summed E-state index contributed by atoms with van der Waals surface area (Å²) in [4.78, 5) is 13.1. The van der Waals surface area contributed by atoms with Crippen LogP contribution in [0.5, 0.6) is 11.5 Å². The second-order valence-corrected chi connectivity index (χ2v) is 3.88. The fourth-order valence-corrected chi connectivity index (χ4v) is 1.89. The van der Waals surface area contributed by atoms with E-state index >= 15 is 0 Å². The SMILES string of the molecule is NC1CN(c2ccc3c(c2)OCCO3)C1=O. The Hall–Kier alpha value is -1.75.